The van der Waals surface area contributed by atoms with Crippen molar-refractivity contribution in [2.75, 3.05) is 23.8 Å². The number of para-hydroxylation sites is 1. The number of carbonyl (C=O) groups excluding carboxylic acids is 1. The SMILES string of the molecule is CCOc1cc(C2C(C(=O)Nc3ccccc3)=C(C)Nc3nc(SCc4ccccc4Cl)nn32)cc(Br)c1OCCC(C)C. The first kappa shape index (κ1) is 31.9. The van der Waals surface area contributed by atoms with Gasteiger partial charge in [-0.25, -0.2) is 4.68 Å². The number of hydrogen-bond acceptors (Lipinski definition) is 7. The molecule has 1 aliphatic heterocycles. The van der Waals surface area contributed by atoms with E-state index in [1.54, 1.807) is 4.68 Å². The molecule has 11 heteroatoms. The number of carbonyl (C=O) groups is 1. The van der Waals surface area contributed by atoms with Crippen LogP contribution in [-0.2, 0) is 10.5 Å². The van der Waals surface area contributed by atoms with Crippen LogP contribution in [0.25, 0.3) is 0 Å². The summed E-state index contributed by atoms with van der Waals surface area (Å²) in [7, 11) is 0. The second-order valence-corrected chi connectivity index (χ2v) is 12.9. The first-order valence-electron chi connectivity index (χ1n) is 14.5. The summed E-state index contributed by atoms with van der Waals surface area (Å²) in [5.41, 5.74) is 3.67. The molecule has 2 heterocycles. The number of amides is 1. The minimum Gasteiger partial charge on any atom is -0.490 e. The highest BCUT2D eigenvalue weighted by molar-refractivity contribution is 9.10. The first-order valence-corrected chi connectivity index (χ1v) is 16.7. The number of halogens is 2. The van der Waals surface area contributed by atoms with Gasteiger partial charge in [0, 0.05) is 22.2 Å². The van der Waals surface area contributed by atoms with Crippen molar-refractivity contribution in [2.24, 2.45) is 5.92 Å². The predicted molar refractivity (Wildman–Crippen MR) is 181 cm³/mol. The lowest BCUT2D eigenvalue weighted by atomic mass is 9.94. The van der Waals surface area contributed by atoms with Gasteiger partial charge in [-0.05, 0) is 83.6 Å². The van der Waals surface area contributed by atoms with E-state index in [1.807, 2.05) is 80.6 Å². The van der Waals surface area contributed by atoms with Crippen molar-refractivity contribution in [2.45, 2.75) is 51.1 Å². The molecule has 44 heavy (non-hydrogen) atoms. The van der Waals surface area contributed by atoms with Gasteiger partial charge in [-0.1, -0.05) is 73.6 Å². The number of nitrogens with one attached hydrogen (secondary N) is 2. The fraction of sp³-hybridized carbons (Fsp3) is 0.303. The molecule has 230 valence electrons. The summed E-state index contributed by atoms with van der Waals surface area (Å²) >= 11 is 11.6. The molecule has 0 bridgehead atoms. The van der Waals surface area contributed by atoms with Crippen LogP contribution in [0.1, 0.15) is 51.3 Å². The van der Waals surface area contributed by atoms with Gasteiger partial charge in [0.15, 0.2) is 11.5 Å². The van der Waals surface area contributed by atoms with Gasteiger partial charge in [0.05, 0.1) is 23.3 Å². The number of nitrogens with zero attached hydrogens (tertiary/aromatic N) is 3. The van der Waals surface area contributed by atoms with Crippen LogP contribution in [0.15, 0.2) is 87.6 Å². The molecule has 2 N–H and O–H groups in total. The van der Waals surface area contributed by atoms with E-state index in [9.17, 15) is 4.79 Å². The summed E-state index contributed by atoms with van der Waals surface area (Å²) < 4.78 is 14.7. The molecule has 0 saturated carbocycles. The van der Waals surface area contributed by atoms with Crippen molar-refractivity contribution in [1.29, 1.82) is 0 Å². The van der Waals surface area contributed by atoms with Crippen LogP contribution in [0.2, 0.25) is 5.02 Å². The molecule has 1 aliphatic rings. The zero-order valence-electron chi connectivity index (χ0n) is 25.1. The number of anilines is 2. The Morgan fingerprint density at radius 3 is 2.61 bits per heavy atom. The van der Waals surface area contributed by atoms with E-state index in [0.717, 1.165) is 22.0 Å². The molecule has 0 aliphatic carbocycles. The molecule has 0 spiro atoms. The smallest absolute Gasteiger partial charge is 0.255 e. The Kier molecular flexibility index (Phi) is 10.6. The minimum absolute atomic E-state index is 0.246. The summed E-state index contributed by atoms with van der Waals surface area (Å²) in [5.74, 6) is 2.63. The Morgan fingerprint density at radius 1 is 1.14 bits per heavy atom. The van der Waals surface area contributed by atoms with Crippen molar-refractivity contribution >= 4 is 56.8 Å². The van der Waals surface area contributed by atoms with Gasteiger partial charge in [0.25, 0.3) is 5.91 Å². The average molecular weight is 697 g/mol. The fourth-order valence-electron chi connectivity index (χ4n) is 4.82. The molecule has 1 atom stereocenters. The monoisotopic (exact) mass is 695 g/mol. The summed E-state index contributed by atoms with van der Waals surface area (Å²) in [6.07, 6.45) is 0.913. The Bertz CT molecular complexity index is 1660. The van der Waals surface area contributed by atoms with E-state index in [-0.39, 0.29) is 5.91 Å². The molecule has 1 aromatic heterocycles. The maximum Gasteiger partial charge on any atom is 0.255 e. The minimum atomic E-state index is -0.600. The molecule has 1 unspecified atom stereocenters. The largest absolute Gasteiger partial charge is 0.490 e. The quantitative estimate of drug-likeness (QED) is 0.143. The van der Waals surface area contributed by atoms with Crippen LogP contribution in [0, 0.1) is 5.92 Å². The van der Waals surface area contributed by atoms with E-state index >= 15 is 0 Å². The number of benzene rings is 3. The highest BCUT2D eigenvalue weighted by atomic mass is 79.9. The topological polar surface area (TPSA) is 90.3 Å². The van der Waals surface area contributed by atoms with Crippen molar-refractivity contribution < 1.29 is 14.3 Å². The predicted octanol–water partition coefficient (Wildman–Crippen LogP) is 8.74. The Balaban J connectivity index is 1.55. The van der Waals surface area contributed by atoms with E-state index in [1.165, 1.54) is 11.8 Å². The van der Waals surface area contributed by atoms with Crippen LogP contribution in [0.4, 0.5) is 11.6 Å². The highest BCUT2D eigenvalue weighted by Gasteiger charge is 2.35. The zero-order valence-corrected chi connectivity index (χ0v) is 28.2. The lowest BCUT2D eigenvalue weighted by molar-refractivity contribution is -0.113. The van der Waals surface area contributed by atoms with Crippen molar-refractivity contribution in [1.82, 2.24) is 14.8 Å². The molecule has 8 nitrogen and oxygen atoms in total. The van der Waals surface area contributed by atoms with Gasteiger partial charge in [0.2, 0.25) is 11.1 Å². The molecular formula is C33H35BrClN5O3S. The molecule has 5 rings (SSSR count). The van der Waals surface area contributed by atoms with Crippen LogP contribution in [-0.4, -0.2) is 33.9 Å². The molecule has 0 saturated heterocycles. The van der Waals surface area contributed by atoms with Crippen molar-refractivity contribution in [3.63, 3.8) is 0 Å². The third-order valence-corrected chi connectivity index (χ3v) is 8.86. The summed E-state index contributed by atoms with van der Waals surface area (Å²) in [6, 6.07) is 20.4. The van der Waals surface area contributed by atoms with E-state index in [2.05, 4.69) is 40.4 Å². The molecule has 1 amide bonds. The maximum absolute atomic E-state index is 13.9. The van der Waals surface area contributed by atoms with E-state index < -0.39 is 6.04 Å². The van der Waals surface area contributed by atoms with Crippen LogP contribution >= 0.6 is 39.3 Å². The summed E-state index contributed by atoms with van der Waals surface area (Å²) in [6.45, 7) is 9.15. The number of thioether (sulfide) groups is 1. The normalized spacial score (nSPS) is 14.3. The molecular weight excluding hydrogens is 662 g/mol. The van der Waals surface area contributed by atoms with Gasteiger partial charge >= 0.3 is 0 Å². The summed E-state index contributed by atoms with van der Waals surface area (Å²) in [5, 5.41) is 12.5. The standard InChI is InChI=1S/C33H35BrClN5O3S/c1-5-42-27-18-23(17-25(34)30(27)43-16-15-20(2)3)29-28(31(41)37-24-12-7-6-8-13-24)21(4)36-32-38-33(39-40(29)32)44-19-22-11-9-10-14-26(22)35/h6-14,17-18,20,29H,5,15-16,19H2,1-4H3,(H,37,41)(H,36,38,39). The second-order valence-electron chi connectivity index (χ2n) is 10.7. The second kappa shape index (κ2) is 14.5. The third-order valence-electron chi connectivity index (χ3n) is 7.01. The number of aromatic nitrogens is 3. The Morgan fingerprint density at radius 2 is 1.89 bits per heavy atom. The Labute approximate surface area is 275 Å². The molecule has 0 radical (unpaired) electrons. The zero-order chi connectivity index (χ0) is 31.2. The van der Waals surface area contributed by atoms with E-state index in [0.29, 0.717) is 69.5 Å². The lowest BCUT2D eigenvalue weighted by Crippen LogP contribution is -2.31. The van der Waals surface area contributed by atoms with Gasteiger partial charge in [0.1, 0.15) is 6.04 Å². The number of fused-ring (bicyclic) bond motifs is 1. The third kappa shape index (κ3) is 7.42. The number of hydrogen-bond donors (Lipinski definition) is 2. The Hall–Kier alpha value is -3.47. The van der Waals surface area contributed by atoms with Crippen molar-refractivity contribution in [3.05, 3.63) is 98.6 Å². The molecule has 3 aromatic carbocycles. The first-order chi connectivity index (χ1) is 21.2. The fourth-order valence-corrected chi connectivity index (χ4v) is 6.51. The van der Waals surface area contributed by atoms with Gasteiger partial charge in [-0.3, -0.25) is 4.79 Å². The van der Waals surface area contributed by atoms with Gasteiger partial charge < -0.3 is 20.1 Å². The number of ether oxygens (including phenoxy) is 2. The molecule has 4 aromatic rings. The van der Waals surface area contributed by atoms with Crippen LogP contribution < -0.4 is 20.1 Å². The van der Waals surface area contributed by atoms with Gasteiger partial charge in [-0.2, -0.15) is 4.98 Å². The van der Waals surface area contributed by atoms with E-state index in [4.69, 9.17) is 31.2 Å². The maximum atomic E-state index is 13.9. The van der Waals surface area contributed by atoms with Gasteiger partial charge in [-0.15, -0.1) is 5.10 Å². The molecule has 0 fully saturated rings. The number of allylic oxidation sites excluding steroid dienone is 1. The number of rotatable bonds is 12. The lowest BCUT2D eigenvalue weighted by Gasteiger charge is -2.29. The highest BCUT2D eigenvalue weighted by Crippen LogP contribution is 2.43. The average Bonchev–Trinajstić information content (AvgIpc) is 3.40. The summed E-state index contributed by atoms with van der Waals surface area (Å²) in [4.78, 5) is 18.7. The van der Waals surface area contributed by atoms with Crippen molar-refractivity contribution in [3.8, 4) is 11.5 Å². The van der Waals surface area contributed by atoms with Crippen LogP contribution in [0.5, 0.6) is 11.5 Å². The van der Waals surface area contributed by atoms with Crippen LogP contribution in [0.3, 0.4) is 0 Å².